The number of hydrogen-bond donors (Lipinski definition) is 2. The second kappa shape index (κ2) is 6.83. The van der Waals surface area contributed by atoms with E-state index in [0.717, 1.165) is 18.1 Å². The van der Waals surface area contributed by atoms with Gasteiger partial charge in [-0.15, -0.1) is 0 Å². The molecule has 20 heavy (non-hydrogen) atoms. The van der Waals surface area contributed by atoms with E-state index in [1.807, 2.05) is 17.8 Å². The smallest absolute Gasteiger partial charge is 0.315 e. The van der Waals surface area contributed by atoms with E-state index in [-0.39, 0.29) is 10.6 Å². The second-order valence-corrected chi connectivity index (χ2v) is 6.20. The van der Waals surface area contributed by atoms with Gasteiger partial charge in [0.05, 0.1) is 4.92 Å². The van der Waals surface area contributed by atoms with Gasteiger partial charge in [-0.3, -0.25) is 10.1 Å². The fourth-order valence-electron chi connectivity index (χ4n) is 2.72. The molecule has 1 aliphatic carbocycles. The summed E-state index contributed by atoms with van der Waals surface area (Å²) in [5.41, 5.74) is 1.31. The van der Waals surface area contributed by atoms with Gasteiger partial charge >= 0.3 is 5.69 Å². The first-order chi connectivity index (χ1) is 9.65. The van der Waals surface area contributed by atoms with E-state index >= 15 is 0 Å². The lowest BCUT2D eigenvalue weighted by Crippen LogP contribution is -2.27. The molecule has 0 aliphatic heterocycles. The van der Waals surface area contributed by atoms with Crippen LogP contribution >= 0.6 is 11.8 Å². The Morgan fingerprint density at radius 3 is 2.45 bits per heavy atom. The van der Waals surface area contributed by atoms with E-state index in [1.165, 1.54) is 12.8 Å². The highest BCUT2D eigenvalue weighted by Crippen LogP contribution is 2.35. The number of para-hydroxylation sites is 1. The van der Waals surface area contributed by atoms with Gasteiger partial charge in [-0.1, -0.05) is 6.07 Å². The summed E-state index contributed by atoms with van der Waals surface area (Å²) in [4.78, 5) is 10.9. The molecule has 0 saturated heterocycles. The van der Waals surface area contributed by atoms with Crippen molar-refractivity contribution < 1.29 is 4.92 Å². The molecule has 1 aromatic carbocycles. The zero-order valence-electron chi connectivity index (χ0n) is 11.9. The van der Waals surface area contributed by atoms with Gasteiger partial charge in [-0.2, -0.15) is 11.8 Å². The Morgan fingerprint density at radius 2 is 1.90 bits per heavy atom. The van der Waals surface area contributed by atoms with Crippen LogP contribution in [-0.2, 0) is 0 Å². The van der Waals surface area contributed by atoms with Crippen molar-refractivity contribution in [2.24, 2.45) is 0 Å². The summed E-state index contributed by atoms with van der Waals surface area (Å²) >= 11 is 1.92. The number of anilines is 2. The lowest BCUT2D eigenvalue weighted by Gasteiger charge is -2.28. The minimum absolute atomic E-state index is 0.141. The van der Waals surface area contributed by atoms with Crippen LogP contribution in [0.15, 0.2) is 18.2 Å². The van der Waals surface area contributed by atoms with Gasteiger partial charge in [0.1, 0.15) is 11.4 Å². The number of nitrogens with one attached hydrogen (secondary N) is 2. The lowest BCUT2D eigenvalue weighted by molar-refractivity contribution is -0.383. The summed E-state index contributed by atoms with van der Waals surface area (Å²) in [5.74, 6) is 0. The molecule has 2 N–H and O–H groups in total. The van der Waals surface area contributed by atoms with E-state index in [4.69, 9.17) is 0 Å². The number of nitrogens with zero attached hydrogens (tertiary/aromatic N) is 1. The van der Waals surface area contributed by atoms with Crippen molar-refractivity contribution in [2.45, 2.75) is 37.0 Å². The summed E-state index contributed by atoms with van der Waals surface area (Å²) in [7, 11) is 1.70. The van der Waals surface area contributed by atoms with Crippen LogP contribution in [0.1, 0.15) is 25.7 Å². The third kappa shape index (κ3) is 3.36. The molecule has 1 fully saturated rings. The van der Waals surface area contributed by atoms with Crippen LogP contribution in [0.4, 0.5) is 17.1 Å². The average Bonchev–Trinajstić information content (AvgIpc) is 2.47. The highest BCUT2D eigenvalue weighted by atomic mass is 32.2. The number of rotatable bonds is 5. The molecule has 5 nitrogen and oxygen atoms in total. The molecule has 0 spiro atoms. The van der Waals surface area contributed by atoms with Crippen LogP contribution in [-0.4, -0.2) is 29.5 Å². The van der Waals surface area contributed by atoms with Crippen LogP contribution in [0.5, 0.6) is 0 Å². The maximum absolute atomic E-state index is 11.3. The fraction of sp³-hybridized carbons (Fsp3) is 0.571. The van der Waals surface area contributed by atoms with Gasteiger partial charge < -0.3 is 10.6 Å². The number of thioether (sulfide) groups is 1. The Labute approximate surface area is 123 Å². The van der Waals surface area contributed by atoms with E-state index in [0.29, 0.717) is 17.4 Å². The molecule has 1 saturated carbocycles. The Balaban J connectivity index is 2.12. The number of nitro benzene ring substituents is 1. The predicted octanol–water partition coefficient (Wildman–Crippen LogP) is 3.72. The molecule has 6 heteroatoms. The van der Waals surface area contributed by atoms with Crippen LogP contribution in [0.25, 0.3) is 0 Å². The molecule has 0 amide bonds. The molecule has 0 heterocycles. The first-order valence-corrected chi connectivity index (χ1v) is 8.19. The first-order valence-electron chi connectivity index (χ1n) is 6.90. The SMILES string of the molecule is CNc1cccc(NC2CCC(SC)CC2)c1[N+](=O)[O-]. The summed E-state index contributed by atoms with van der Waals surface area (Å²) in [5, 5.41) is 18.3. The van der Waals surface area contributed by atoms with Crippen molar-refractivity contribution in [3.63, 3.8) is 0 Å². The Hall–Kier alpha value is -1.43. The first kappa shape index (κ1) is 15.0. The van der Waals surface area contributed by atoms with Crippen LogP contribution < -0.4 is 10.6 Å². The average molecular weight is 295 g/mol. The molecule has 2 rings (SSSR count). The highest BCUT2D eigenvalue weighted by molar-refractivity contribution is 7.99. The zero-order valence-corrected chi connectivity index (χ0v) is 12.7. The van der Waals surface area contributed by atoms with E-state index in [9.17, 15) is 10.1 Å². The monoisotopic (exact) mass is 295 g/mol. The molecule has 1 aromatic rings. The highest BCUT2D eigenvalue weighted by Gasteiger charge is 2.24. The summed E-state index contributed by atoms with van der Waals surface area (Å²) in [6, 6.07) is 5.70. The van der Waals surface area contributed by atoms with Crippen molar-refractivity contribution in [3.8, 4) is 0 Å². The van der Waals surface area contributed by atoms with E-state index in [1.54, 1.807) is 19.2 Å². The van der Waals surface area contributed by atoms with Gasteiger partial charge in [-0.25, -0.2) is 0 Å². The fourth-order valence-corrected chi connectivity index (χ4v) is 3.46. The van der Waals surface area contributed by atoms with Crippen LogP contribution in [0.3, 0.4) is 0 Å². The molecular formula is C14H21N3O2S. The van der Waals surface area contributed by atoms with Gasteiger partial charge in [0.25, 0.3) is 0 Å². The van der Waals surface area contributed by atoms with Crippen molar-refractivity contribution in [3.05, 3.63) is 28.3 Å². The molecule has 0 aromatic heterocycles. The number of hydrogen-bond acceptors (Lipinski definition) is 5. The molecule has 0 unspecified atom stereocenters. The van der Waals surface area contributed by atoms with Gasteiger partial charge in [-0.05, 0) is 44.1 Å². The third-order valence-electron chi connectivity index (χ3n) is 3.86. The molecule has 110 valence electrons. The number of benzene rings is 1. The Morgan fingerprint density at radius 1 is 1.25 bits per heavy atom. The third-order valence-corrected chi connectivity index (χ3v) is 4.99. The maximum atomic E-state index is 11.3. The number of nitro groups is 1. The summed E-state index contributed by atoms with van der Waals surface area (Å²) in [6.45, 7) is 0. The minimum atomic E-state index is -0.318. The van der Waals surface area contributed by atoms with E-state index < -0.39 is 0 Å². The molecule has 0 radical (unpaired) electrons. The van der Waals surface area contributed by atoms with Crippen molar-refractivity contribution >= 4 is 28.8 Å². The summed E-state index contributed by atoms with van der Waals surface area (Å²) < 4.78 is 0. The minimum Gasteiger partial charge on any atom is -0.382 e. The van der Waals surface area contributed by atoms with Crippen molar-refractivity contribution in [2.75, 3.05) is 23.9 Å². The normalized spacial score (nSPS) is 22.3. The zero-order chi connectivity index (χ0) is 14.5. The standard InChI is InChI=1S/C14H21N3O2S/c1-15-12-4-3-5-13(14(12)17(18)19)16-10-6-8-11(20-2)9-7-10/h3-5,10-11,15-16H,6-9H2,1-2H3. The van der Waals surface area contributed by atoms with Crippen molar-refractivity contribution in [1.82, 2.24) is 0 Å². The predicted molar refractivity (Wildman–Crippen MR) is 85.8 cm³/mol. The second-order valence-electron chi connectivity index (χ2n) is 5.06. The topological polar surface area (TPSA) is 67.2 Å². The molecule has 0 bridgehead atoms. The quantitative estimate of drug-likeness (QED) is 0.640. The van der Waals surface area contributed by atoms with Crippen LogP contribution in [0.2, 0.25) is 0 Å². The maximum Gasteiger partial charge on any atom is 0.315 e. The van der Waals surface area contributed by atoms with E-state index in [2.05, 4.69) is 16.9 Å². The Kier molecular flexibility index (Phi) is 5.11. The molecule has 1 aliphatic rings. The van der Waals surface area contributed by atoms with Crippen molar-refractivity contribution in [1.29, 1.82) is 0 Å². The van der Waals surface area contributed by atoms with Gasteiger partial charge in [0, 0.05) is 18.3 Å². The molecule has 0 atom stereocenters. The lowest BCUT2D eigenvalue weighted by atomic mass is 9.94. The van der Waals surface area contributed by atoms with Gasteiger partial charge in [0.2, 0.25) is 0 Å². The molecular weight excluding hydrogens is 274 g/mol. The van der Waals surface area contributed by atoms with Gasteiger partial charge in [0.15, 0.2) is 0 Å². The largest absolute Gasteiger partial charge is 0.382 e. The van der Waals surface area contributed by atoms with Crippen LogP contribution in [0, 0.1) is 10.1 Å². The summed E-state index contributed by atoms with van der Waals surface area (Å²) in [6.07, 6.45) is 6.66. The Bertz CT molecular complexity index is 473.